The average Bonchev–Trinajstić information content (AvgIpc) is 2.84. The fourth-order valence-corrected chi connectivity index (χ4v) is 4.45. The van der Waals surface area contributed by atoms with Gasteiger partial charge in [0.1, 0.15) is 5.75 Å². The highest BCUT2D eigenvalue weighted by molar-refractivity contribution is 14.1. The lowest BCUT2D eigenvalue weighted by atomic mass is 9.92. The molecule has 1 heterocycles. The first kappa shape index (κ1) is 19.1. The van der Waals surface area contributed by atoms with Crippen molar-refractivity contribution in [3.8, 4) is 5.75 Å². The van der Waals surface area contributed by atoms with E-state index in [1.807, 2.05) is 69.2 Å². The Morgan fingerprint density at radius 1 is 1.23 bits per heavy atom. The van der Waals surface area contributed by atoms with Crippen molar-refractivity contribution in [1.29, 1.82) is 0 Å². The molecule has 26 heavy (non-hydrogen) atoms. The third-order valence-electron chi connectivity index (χ3n) is 4.87. The molecule has 1 aliphatic rings. The van der Waals surface area contributed by atoms with Gasteiger partial charge >= 0.3 is 0 Å². The first-order chi connectivity index (χ1) is 12.2. The van der Waals surface area contributed by atoms with Crippen LogP contribution in [0.4, 0.5) is 0 Å². The van der Waals surface area contributed by atoms with Gasteiger partial charge in [0.05, 0.1) is 16.7 Å². The summed E-state index contributed by atoms with van der Waals surface area (Å²) < 4.78 is 0.739. The van der Waals surface area contributed by atoms with E-state index < -0.39 is 11.8 Å². The number of halogens is 1. The lowest BCUT2D eigenvalue weighted by Gasteiger charge is -2.38. The number of phenolic OH excluding ortho intramolecular Hbond substituents is 1. The van der Waals surface area contributed by atoms with Gasteiger partial charge in [0, 0.05) is 15.7 Å². The number of aliphatic hydroxyl groups is 1. The van der Waals surface area contributed by atoms with E-state index in [1.54, 1.807) is 0 Å². The SMILES string of the molecule is CN(C)Cc1cc(I)c2c(c1O)C(O)N(C(C)(C)c1ccccc1)C2=O. The van der Waals surface area contributed by atoms with Crippen LogP contribution in [-0.2, 0) is 12.1 Å². The maximum Gasteiger partial charge on any atom is 0.258 e. The minimum atomic E-state index is -1.19. The molecule has 0 aromatic heterocycles. The Balaban J connectivity index is 2.12. The largest absolute Gasteiger partial charge is 0.507 e. The van der Waals surface area contributed by atoms with Crippen molar-refractivity contribution in [2.45, 2.75) is 32.2 Å². The summed E-state index contributed by atoms with van der Waals surface area (Å²) in [6.07, 6.45) is -1.19. The summed E-state index contributed by atoms with van der Waals surface area (Å²) in [4.78, 5) is 16.6. The number of rotatable bonds is 4. The maximum absolute atomic E-state index is 13.2. The molecule has 6 heteroatoms. The summed E-state index contributed by atoms with van der Waals surface area (Å²) in [5.74, 6) is -0.265. The Hall–Kier alpha value is -1.64. The molecule has 0 saturated heterocycles. The quantitative estimate of drug-likeness (QED) is 0.678. The van der Waals surface area contributed by atoms with Gasteiger partial charge < -0.3 is 15.1 Å². The third-order valence-corrected chi connectivity index (χ3v) is 5.72. The summed E-state index contributed by atoms with van der Waals surface area (Å²) in [6.45, 7) is 4.33. The lowest BCUT2D eigenvalue weighted by Crippen LogP contribution is -2.44. The van der Waals surface area contributed by atoms with E-state index in [4.69, 9.17) is 0 Å². The van der Waals surface area contributed by atoms with Crippen LogP contribution >= 0.6 is 22.6 Å². The molecule has 3 rings (SSSR count). The highest BCUT2D eigenvalue weighted by Gasteiger charge is 2.47. The van der Waals surface area contributed by atoms with Gasteiger partial charge in [-0.15, -0.1) is 0 Å². The Kier molecular flexibility index (Phi) is 5.02. The first-order valence-corrected chi connectivity index (χ1v) is 9.50. The number of hydrogen-bond acceptors (Lipinski definition) is 4. The van der Waals surface area contributed by atoms with E-state index in [0.717, 1.165) is 9.13 Å². The number of nitrogens with zero attached hydrogens (tertiary/aromatic N) is 2. The molecule has 1 aliphatic heterocycles. The van der Waals surface area contributed by atoms with Crippen LogP contribution in [0.2, 0.25) is 0 Å². The van der Waals surface area contributed by atoms with Crippen LogP contribution in [0.25, 0.3) is 0 Å². The second kappa shape index (κ2) is 6.83. The number of hydrogen-bond donors (Lipinski definition) is 2. The fourth-order valence-electron chi connectivity index (χ4n) is 3.55. The smallest absolute Gasteiger partial charge is 0.258 e. The average molecular weight is 466 g/mol. The van der Waals surface area contributed by atoms with E-state index >= 15 is 0 Å². The Morgan fingerprint density at radius 3 is 2.42 bits per heavy atom. The van der Waals surface area contributed by atoms with Crippen LogP contribution in [0, 0.1) is 3.57 Å². The Bertz CT molecular complexity index is 850. The van der Waals surface area contributed by atoms with Crippen molar-refractivity contribution in [3.63, 3.8) is 0 Å². The minimum absolute atomic E-state index is 0.00123. The van der Waals surface area contributed by atoms with Crippen LogP contribution in [0.5, 0.6) is 5.75 Å². The summed E-state index contributed by atoms with van der Waals surface area (Å²) >= 11 is 2.10. The molecule has 1 amide bonds. The summed E-state index contributed by atoms with van der Waals surface area (Å²) in [5.41, 5.74) is 1.59. The molecule has 1 atom stereocenters. The van der Waals surface area contributed by atoms with Crippen molar-refractivity contribution < 1.29 is 15.0 Å². The number of aromatic hydroxyl groups is 1. The molecule has 0 bridgehead atoms. The van der Waals surface area contributed by atoms with Crippen molar-refractivity contribution in [2.24, 2.45) is 0 Å². The topological polar surface area (TPSA) is 64.0 Å². The molecule has 2 N–H and O–H groups in total. The molecule has 0 spiro atoms. The molecule has 0 radical (unpaired) electrons. The van der Waals surface area contributed by atoms with Gasteiger partial charge in [-0.05, 0) is 62.2 Å². The standard InChI is InChI=1S/C20H23IN2O3/c1-20(2,13-8-6-5-7-9-13)23-18(25)15-14(21)10-12(11-22(3)4)17(24)16(15)19(23)26/h5-10,19,24,26H,11H2,1-4H3. The van der Waals surface area contributed by atoms with E-state index in [0.29, 0.717) is 23.2 Å². The van der Waals surface area contributed by atoms with E-state index in [9.17, 15) is 15.0 Å². The van der Waals surface area contributed by atoms with Crippen molar-refractivity contribution in [2.75, 3.05) is 14.1 Å². The molecule has 2 aromatic rings. The Morgan fingerprint density at radius 2 is 1.85 bits per heavy atom. The zero-order valence-corrected chi connectivity index (χ0v) is 17.5. The molecule has 1 unspecified atom stereocenters. The van der Waals surface area contributed by atoms with Crippen molar-refractivity contribution in [3.05, 3.63) is 62.2 Å². The number of phenols is 1. The fraction of sp³-hybridized carbons (Fsp3) is 0.350. The number of carbonyl (C=O) groups excluding carboxylic acids is 1. The normalized spacial score (nSPS) is 17.1. The van der Waals surface area contributed by atoms with Gasteiger partial charge in [-0.2, -0.15) is 0 Å². The molecule has 0 fully saturated rings. The second-order valence-electron chi connectivity index (χ2n) is 7.37. The summed E-state index contributed by atoms with van der Waals surface area (Å²) in [5, 5.41) is 21.8. The molecule has 0 aliphatic carbocycles. The number of amides is 1. The number of fused-ring (bicyclic) bond motifs is 1. The van der Waals surface area contributed by atoms with Gasteiger partial charge in [-0.3, -0.25) is 9.69 Å². The number of aliphatic hydroxyl groups excluding tert-OH is 1. The molecular formula is C20H23IN2O3. The molecule has 0 saturated carbocycles. The summed E-state index contributed by atoms with van der Waals surface area (Å²) in [7, 11) is 3.82. The van der Waals surface area contributed by atoms with Gasteiger partial charge in [0.15, 0.2) is 6.23 Å². The van der Waals surface area contributed by atoms with Crippen LogP contribution in [0.15, 0.2) is 36.4 Å². The summed E-state index contributed by atoms with van der Waals surface area (Å²) in [6, 6.07) is 11.4. The van der Waals surface area contributed by atoms with Crippen LogP contribution in [-0.4, -0.2) is 40.0 Å². The number of carbonyl (C=O) groups is 1. The minimum Gasteiger partial charge on any atom is -0.507 e. The molecule has 5 nitrogen and oxygen atoms in total. The van der Waals surface area contributed by atoms with Crippen molar-refractivity contribution in [1.82, 2.24) is 9.80 Å². The van der Waals surface area contributed by atoms with E-state index in [-0.39, 0.29) is 11.7 Å². The van der Waals surface area contributed by atoms with E-state index in [1.165, 1.54) is 4.90 Å². The second-order valence-corrected chi connectivity index (χ2v) is 8.53. The van der Waals surface area contributed by atoms with Gasteiger partial charge in [0.25, 0.3) is 5.91 Å². The third kappa shape index (κ3) is 3.00. The monoisotopic (exact) mass is 466 g/mol. The van der Waals surface area contributed by atoms with Crippen LogP contribution < -0.4 is 0 Å². The van der Waals surface area contributed by atoms with E-state index in [2.05, 4.69) is 22.6 Å². The highest BCUT2D eigenvalue weighted by Crippen LogP contribution is 2.47. The number of benzene rings is 2. The van der Waals surface area contributed by atoms with Crippen LogP contribution in [0.1, 0.15) is 47.1 Å². The van der Waals surface area contributed by atoms with Gasteiger partial charge in [0.2, 0.25) is 0 Å². The highest BCUT2D eigenvalue weighted by atomic mass is 127. The van der Waals surface area contributed by atoms with Gasteiger partial charge in [-0.25, -0.2) is 0 Å². The Labute approximate surface area is 167 Å². The molecule has 138 valence electrons. The zero-order valence-electron chi connectivity index (χ0n) is 15.3. The lowest BCUT2D eigenvalue weighted by molar-refractivity contribution is -0.0312. The van der Waals surface area contributed by atoms with Crippen molar-refractivity contribution >= 4 is 28.5 Å². The zero-order chi connectivity index (χ0) is 19.2. The predicted molar refractivity (Wildman–Crippen MR) is 109 cm³/mol. The first-order valence-electron chi connectivity index (χ1n) is 8.42. The predicted octanol–water partition coefficient (Wildman–Crippen LogP) is 3.44. The van der Waals surface area contributed by atoms with Gasteiger partial charge in [-0.1, -0.05) is 30.3 Å². The maximum atomic E-state index is 13.2. The molecule has 2 aromatic carbocycles. The van der Waals surface area contributed by atoms with Crippen LogP contribution in [0.3, 0.4) is 0 Å². The molecular weight excluding hydrogens is 443 g/mol.